The minimum Gasteiger partial charge on any atom is -0.387 e. The lowest BCUT2D eigenvalue weighted by atomic mass is 10.0. The summed E-state index contributed by atoms with van der Waals surface area (Å²) >= 11 is 0. The van der Waals surface area contributed by atoms with Crippen LogP contribution >= 0.6 is 0 Å². The number of nitrogens with zero attached hydrogens (tertiary/aromatic N) is 3. The van der Waals surface area contributed by atoms with Gasteiger partial charge in [0.25, 0.3) is 5.89 Å². The highest BCUT2D eigenvalue weighted by Crippen LogP contribution is 2.38. The Kier molecular flexibility index (Phi) is 4.49. The lowest BCUT2D eigenvalue weighted by Crippen LogP contribution is -2.53. The Morgan fingerprint density at radius 2 is 2.00 bits per heavy atom. The number of ether oxygens (including phenoxy) is 1. The normalized spacial score (nSPS) is 19.8. The third-order valence-electron chi connectivity index (χ3n) is 4.56. The van der Waals surface area contributed by atoms with Crippen LogP contribution in [-0.4, -0.2) is 45.9 Å². The Hall–Kier alpha value is -1.90. The summed E-state index contributed by atoms with van der Waals surface area (Å²) in [4.78, 5) is 6.17. The number of hydrogen-bond acceptors (Lipinski definition) is 6. The predicted molar refractivity (Wildman–Crippen MR) is 82.6 cm³/mol. The van der Waals surface area contributed by atoms with Crippen molar-refractivity contribution in [1.29, 1.82) is 0 Å². The fraction of sp³-hybridized carbons (Fsp3) is 0.529. The maximum atomic E-state index is 13.7. The van der Waals surface area contributed by atoms with Crippen molar-refractivity contribution in [2.75, 3.05) is 19.6 Å². The van der Waals surface area contributed by atoms with Crippen LogP contribution in [0.5, 0.6) is 0 Å². The summed E-state index contributed by atoms with van der Waals surface area (Å²) in [6, 6.07) is 3.56. The molecular weight excluding hydrogens is 332 g/mol. The van der Waals surface area contributed by atoms with Crippen LogP contribution in [0, 0.1) is 11.6 Å². The van der Waals surface area contributed by atoms with Crippen molar-refractivity contribution in [3.8, 4) is 0 Å². The minimum atomic E-state index is -1.21. The third kappa shape index (κ3) is 3.70. The van der Waals surface area contributed by atoms with Gasteiger partial charge in [-0.3, -0.25) is 4.90 Å². The Bertz CT molecular complexity index is 724. The number of halogens is 2. The van der Waals surface area contributed by atoms with Crippen molar-refractivity contribution in [3.63, 3.8) is 0 Å². The van der Waals surface area contributed by atoms with Crippen molar-refractivity contribution in [2.24, 2.45) is 0 Å². The molecule has 1 saturated carbocycles. The maximum absolute atomic E-state index is 13.7. The van der Waals surface area contributed by atoms with Crippen molar-refractivity contribution < 1.29 is 23.1 Å². The lowest BCUT2D eigenvalue weighted by Gasteiger charge is -2.39. The highest BCUT2D eigenvalue weighted by Gasteiger charge is 2.32. The van der Waals surface area contributed by atoms with E-state index in [0.717, 1.165) is 30.8 Å². The van der Waals surface area contributed by atoms with E-state index in [1.807, 2.05) is 4.90 Å². The van der Waals surface area contributed by atoms with Crippen LogP contribution in [0.3, 0.4) is 0 Å². The second-order valence-corrected chi connectivity index (χ2v) is 6.62. The summed E-state index contributed by atoms with van der Waals surface area (Å²) in [6.07, 6.45) is 0.998. The molecule has 1 N–H and O–H groups in total. The van der Waals surface area contributed by atoms with Gasteiger partial charge in [0.2, 0.25) is 0 Å². The van der Waals surface area contributed by atoms with Gasteiger partial charge in [0.05, 0.1) is 17.8 Å². The first kappa shape index (κ1) is 16.6. The molecule has 0 radical (unpaired) electrons. The van der Waals surface area contributed by atoms with E-state index in [1.54, 1.807) is 0 Å². The van der Waals surface area contributed by atoms with Crippen LogP contribution in [0.2, 0.25) is 0 Å². The molecule has 0 bridgehead atoms. The third-order valence-corrected chi connectivity index (χ3v) is 4.56. The molecule has 4 rings (SSSR count). The summed E-state index contributed by atoms with van der Waals surface area (Å²) in [5, 5.41) is 14.0. The van der Waals surface area contributed by atoms with Crippen molar-refractivity contribution in [2.45, 2.75) is 37.6 Å². The summed E-state index contributed by atoms with van der Waals surface area (Å²) in [6.45, 7) is 1.57. The van der Waals surface area contributed by atoms with Crippen LogP contribution in [-0.2, 0) is 11.3 Å². The lowest BCUT2D eigenvalue weighted by molar-refractivity contribution is -0.0803. The van der Waals surface area contributed by atoms with E-state index in [9.17, 15) is 13.9 Å². The molecule has 134 valence electrons. The second-order valence-electron chi connectivity index (χ2n) is 6.62. The van der Waals surface area contributed by atoms with E-state index in [4.69, 9.17) is 9.26 Å². The van der Waals surface area contributed by atoms with Crippen LogP contribution < -0.4 is 0 Å². The number of rotatable bonds is 7. The molecule has 1 aromatic carbocycles. The highest BCUT2D eigenvalue weighted by atomic mass is 19.1. The van der Waals surface area contributed by atoms with Gasteiger partial charge < -0.3 is 14.4 Å². The molecule has 1 aromatic heterocycles. The number of aromatic nitrogens is 2. The van der Waals surface area contributed by atoms with Crippen LogP contribution in [0.1, 0.15) is 42.1 Å². The number of aliphatic hydroxyl groups is 1. The van der Waals surface area contributed by atoms with E-state index in [-0.39, 0.29) is 24.8 Å². The van der Waals surface area contributed by atoms with Gasteiger partial charge in [0.15, 0.2) is 5.82 Å². The van der Waals surface area contributed by atoms with Gasteiger partial charge in [-0.05, 0) is 25.0 Å². The Morgan fingerprint density at radius 1 is 1.28 bits per heavy atom. The average Bonchev–Trinajstić information content (AvgIpc) is 3.28. The molecule has 2 fully saturated rings. The summed E-state index contributed by atoms with van der Waals surface area (Å²) in [5.41, 5.74) is -0.287. The quantitative estimate of drug-likeness (QED) is 0.824. The number of aliphatic hydroxyl groups excluding tert-OH is 1. The van der Waals surface area contributed by atoms with Gasteiger partial charge in [-0.25, -0.2) is 8.78 Å². The number of hydrogen-bond donors (Lipinski definition) is 1. The first-order chi connectivity index (χ1) is 12.1. The smallest absolute Gasteiger partial charge is 0.252 e. The van der Waals surface area contributed by atoms with E-state index in [0.29, 0.717) is 24.9 Å². The van der Waals surface area contributed by atoms with Crippen LogP contribution in [0.4, 0.5) is 8.78 Å². The fourth-order valence-electron chi connectivity index (χ4n) is 2.97. The van der Waals surface area contributed by atoms with E-state index >= 15 is 0 Å². The van der Waals surface area contributed by atoms with Crippen molar-refractivity contribution in [3.05, 3.63) is 47.1 Å². The maximum Gasteiger partial charge on any atom is 0.252 e. The molecule has 1 unspecified atom stereocenters. The summed E-state index contributed by atoms with van der Waals surface area (Å²) in [5.74, 6) is 0.196. The molecule has 8 heteroatoms. The number of likely N-dealkylation sites (tertiary alicyclic amines) is 1. The largest absolute Gasteiger partial charge is 0.387 e. The monoisotopic (exact) mass is 351 g/mol. The Labute approximate surface area is 143 Å². The highest BCUT2D eigenvalue weighted by molar-refractivity contribution is 5.22. The molecule has 2 aliphatic rings. The molecule has 0 spiro atoms. The zero-order chi connectivity index (χ0) is 17.4. The molecule has 1 atom stereocenters. The van der Waals surface area contributed by atoms with Gasteiger partial charge in [-0.1, -0.05) is 11.2 Å². The number of benzene rings is 1. The molecule has 2 heterocycles. The van der Waals surface area contributed by atoms with Gasteiger partial charge >= 0.3 is 0 Å². The summed E-state index contributed by atoms with van der Waals surface area (Å²) < 4.78 is 38.1. The SMILES string of the molecule is OC(CN1CC(OCc2nc(C3CC3)no2)C1)c1c(F)cccc1F. The Morgan fingerprint density at radius 3 is 2.68 bits per heavy atom. The summed E-state index contributed by atoms with van der Waals surface area (Å²) in [7, 11) is 0. The first-order valence-electron chi connectivity index (χ1n) is 8.38. The van der Waals surface area contributed by atoms with E-state index < -0.39 is 17.7 Å². The van der Waals surface area contributed by atoms with Gasteiger partial charge in [0, 0.05) is 25.6 Å². The predicted octanol–water partition coefficient (Wildman–Crippen LogP) is 2.16. The minimum absolute atomic E-state index is 0.0195. The zero-order valence-electron chi connectivity index (χ0n) is 13.6. The molecule has 6 nitrogen and oxygen atoms in total. The van der Waals surface area contributed by atoms with Gasteiger partial charge in [-0.2, -0.15) is 4.98 Å². The van der Waals surface area contributed by atoms with E-state index in [2.05, 4.69) is 10.1 Å². The standard InChI is InChI=1S/C17H19F2N3O3/c18-12-2-1-3-13(19)16(12)14(23)8-22-6-11(7-22)24-9-15-20-17(21-25-15)10-4-5-10/h1-3,10-11,14,23H,4-9H2. The molecule has 1 aliphatic heterocycles. The topological polar surface area (TPSA) is 71.6 Å². The van der Waals surface area contributed by atoms with Gasteiger partial charge in [0.1, 0.15) is 18.2 Å². The van der Waals surface area contributed by atoms with Crippen molar-refractivity contribution in [1.82, 2.24) is 15.0 Å². The first-order valence-corrected chi connectivity index (χ1v) is 8.38. The molecule has 2 aromatic rings. The molecule has 0 amide bonds. The number of β-amino-alcohol motifs (C(OH)–C–C–N with tert-alkyl or cyclic N) is 1. The molecule has 1 aliphatic carbocycles. The molecule has 25 heavy (non-hydrogen) atoms. The Balaban J connectivity index is 1.22. The van der Waals surface area contributed by atoms with Crippen LogP contribution in [0.25, 0.3) is 0 Å². The van der Waals surface area contributed by atoms with Crippen molar-refractivity contribution >= 4 is 0 Å². The zero-order valence-corrected chi connectivity index (χ0v) is 13.6. The fourth-order valence-corrected chi connectivity index (χ4v) is 2.97. The second kappa shape index (κ2) is 6.78. The van der Waals surface area contributed by atoms with E-state index in [1.165, 1.54) is 6.07 Å². The van der Waals surface area contributed by atoms with Crippen LogP contribution in [0.15, 0.2) is 22.7 Å². The molecular formula is C17H19F2N3O3. The molecule has 1 saturated heterocycles. The van der Waals surface area contributed by atoms with Gasteiger partial charge in [-0.15, -0.1) is 0 Å². The average molecular weight is 351 g/mol.